The van der Waals surface area contributed by atoms with Crippen LogP contribution in [0.5, 0.6) is 0 Å². The molecule has 0 amide bonds. The predicted octanol–water partition coefficient (Wildman–Crippen LogP) is 5.26. The van der Waals surface area contributed by atoms with Gasteiger partial charge < -0.3 is 15.5 Å². The molecule has 2 aromatic heterocycles. The van der Waals surface area contributed by atoms with Crippen molar-refractivity contribution in [1.29, 1.82) is 0 Å². The van der Waals surface area contributed by atoms with E-state index in [9.17, 15) is 0 Å². The van der Waals surface area contributed by atoms with Gasteiger partial charge in [-0.15, -0.1) is 0 Å². The molecule has 0 atom stereocenters. The van der Waals surface area contributed by atoms with Crippen LogP contribution >= 0.6 is 11.3 Å². The van der Waals surface area contributed by atoms with Crippen molar-refractivity contribution in [2.24, 2.45) is 9.98 Å². The van der Waals surface area contributed by atoms with Crippen LogP contribution in [0.4, 0.5) is 16.6 Å². The van der Waals surface area contributed by atoms with Crippen LogP contribution in [0.1, 0.15) is 55.5 Å². The maximum Gasteiger partial charge on any atom is 0.223 e. The van der Waals surface area contributed by atoms with Crippen molar-refractivity contribution >= 4 is 39.6 Å². The Hall–Kier alpha value is -2.74. The van der Waals surface area contributed by atoms with Crippen LogP contribution < -0.4 is 15.5 Å². The molecule has 32 heavy (non-hydrogen) atoms. The average molecular weight is 452 g/mol. The Morgan fingerprint density at radius 1 is 1.19 bits per heavy atom. The van der Waals surface area contributed by atoms with Gasteiger partial charge in [0, 0.05) is 26.2 Å². The fourth-order valence-corrected chi connectivity index (χ4v) is 5.32. The van der Waals surface area contributed by atoms with Gasteiger partial charge in [0.2, 0.25) is 5.96 Å². The molecule has 1 aliphatic carbocycles. The number of allylic oxidation sites excluding steroid dienone is 1. The average Bonchev–Trinajstić information content (AvgIpc) is 3.47. The van der Waals surface area contributed by atoms with Gasteiger partial charge in [0.15, 0.2) is 5.13 Å². The molecule has 2 fully saturated rings. The van der Waals surface area contributed by atoms with E-state index in [-0.39, 0.29) is 0 Å². The lowest BCUT2D eigenvalue weighted by molar-refractivity contribution is 0.577. The number of rotatable bonds is 6. The summed E-state index contributed by atoms with van der Waals surface area (Å²) >= 11 is 1.63. The third-order valence-electron chi connectivity index (χ3n) is 6.05. The van der Waals surface area contributed by atoms with Crippen LogP contribution in [0.15, 0.2) is 41.0 Å². The van der Waals surface area contributed by atoms with Gasteiger partial charge in [-0.2, -0.15) is 0 Å². The summed E-state index contributed by atoms with van der Waals surface area (Å²) in [6, 6.07) is 4.63. The molecule has 0 unspecified atom stereocenters. The van der Waals surface area contributed by atoms with Crippen molar-refractivity contribution in [3.63, 3.8) is 0 Å². The summed E-state index contributed by atoms with van der Waals surface area (Å²) < 4.78 is 0. The standard InChI is InChI=1S/C24H33N7S/c1-4-20(22-17(2)27-24(32-22)28-18-10-6-7-11-18)29-23(25-3)30-21-13-12-19(16-26-21)31-14-8-5-9-15-31/h4,12-13,16,18H,1,5-11,14-15H2,2-3H3,(H,27,28)(H,25,26,30)/b29-20+. The number of thiazole rings is 1. The molecular formula is C24H33N7S. The number of anilines is 3. The van der Waals surface area contributed by atoms with E-state index in [4.69, 9.17) is 9.98 Å². The summed E-state index contributed by atoms with van der Waals surface area (Å²) in [7, 11) is 1.72. The Morgan fingerprint density at radius 2 is 1.97 bits per heavy atom. The van der Waals surface area contributed by atoms with Crippen LogP contribution in [0.3, 0.4) is 0 Å². The summed E-state index contributed by atoms with van der Waals surface area (Å²) in [5.74, 6) is 1.22. The van der Waals surface area contributed by atoms with Gasteiger partial charge in [-0.3, -0.25) is 4.99 Å². The zero-order valence-corrected chi connectivity index (χ0v) is 19.9. The smallest absolute Gasteiger partial charge is 0.223 e. The first-order valence-electron chi connectivity index (χ1n) is 11.6. The van der Waals surface area contributed by atoms with Gasteiger partial charge in [0.1, 0.15) is 5.82 Å². The van der Waals surface area contributed by atoms with E-state index in [1.165, 1.54) is 50.6 Å². The summed E-state index contributed by atoms with van der Waals surface area (Å²) in [4.78, 5) is 21.7. The van der Waals surface area contributed by atoms with E-state index in [2.05, 4.69) is 38.2 Å². The van der Waals surface area contributed by atoms with Crippen molar-refractivity contribution in [2.45, 2.75) is 57.9 Å². The zero-order valence-electron chi connectivity index (χ0n) is 19.1. The largest absolute Gasteiger partial charge is 0.370 e. The number of hydrogen-bond donors (Lipinski definition) is 2. The number of hydrogen-bond acceptors (Lipinski definition) is 6. The maximum absolute atomic E-state index is 4.73. The first-order valence-corrected chi connectivity index (χ1v) is 12.4. The van der Waals surface area contributed by atoms with Crippen LogP contribution in [-0.2, 0) is 0 Å². The Bertz CT molecular complexity index is 965. The predicted molar refractivity (Wildman–Crippen MR) is 137 cm³/mol. The number of piperidine rings is 1. The lowest BCUT2D eigenvalue weighted by atomic mass is 10.1. The Balaban J connectivity index is 1.45. The number of nitrogens with one attached hydrogen (secondary N) is 2. The van der Waals surface area contributed by atoms with Crippen LogP contribution in [-0.4, -0.2) is 47.8 Å². The molecule has 2 aromatic rings. The quantitative estimate of drug-likeness (QED) is 0.462. The molecule has 1 aliphatic heterocycles. The molecule has 170 valence electrons. The number of pyridine rings is 1. The third kappa shape index (κ3) is 5.54. The number of aromatic nitrogens is 2. The summed E-state index contributed by atoms with van der Waals surface area (Å²) in [6.45, 7) is 8.20. The lowest BCUT2D eigenvalue weighted by Crippen LogP contribution is -2.29. The van der Waals surface area contributed by atoms with Gasteiger partial charge >= 0.3 is 0 Å². The highest BCUT2D eigenvalue weighted by atomic mass is 32.1. The van der Waals surface area contributed by atoms with Gasteiger partial charge in [-0.05, 0) is 57.2 Å². The van der Waals surface area contributed by atoms with E-state index in [1.54, 1.807) is 24.5 Å². The first-order chi connectivity index (χ1) is 15.7. The van der Waals surface area contributed by atoms with Gasteiger partial charge in [0.05, 0.1) is 28.2 Å². The van der Waals surface area contributed by atoms with E-state index in [0.29, 0.717) is 12.0 Å². The van der Waals surface area contributed by atoms with E-state index in [0.717, 1.165) is 40.3 Å². The molecule has 8 heteroatoms. The topological polar surface area (TPSA) is 77.8 Å². The number of aryl methyl sites for hydroxylation is 1. The molecule has 2 aliphatic rings. The van der Waals surface area contributed by atoms with Crippen molar-refractivity contribution < 1.29 is 0 Å². The van der Waals surface area contributed by atoms with Crippen LogP contribution in [0, 0.1) is 6.92 Å². The monoisotopic (exact) mass is 451 g/mol. The SMILES string of the molecule is C=C/C(=N\C(=N/C)Nc1ccc(N2CCCCC2)cn1)c1sc(NC2CCCC2)nc1C. The highest BCUT2D eigenvalue weighted by Crippen LogP contribution is 2.28. The highest BCUT2D eigenvalue weighted by molar-refractivity contribution is 7.17. The number of guanidine groups is 1. The van der Waals surface area contributed by atoms with Gasteiger partial charge in [-0.25, -0.2) is 15.0 Å². The van der Waals surface area contributed by atoms with Gasteiger partial charge in [0.25, 0.3) is 0 Å². The molecule has 1 saturated heterocycles. The molecule has 4 rings (SSSR count). The first kappa shape index (κ1) is 22.5. The second-order valence-corrected chi connectivity index (χ2v) is 9.38. The van der Waals surface area contributed by atoms with Crippen LogP contribution in [0.2, 0.25) is 0 Å². The minimum atomic E-state index is 0.497. The Morgan fingerprint density at radius 3 is 2.62 bits per heavy atom. The fraction of sp³-hybridized carbons (Fsp3) is 0.500. The Labute approximate surface area is 194 Å². The minimum absolute atomic E-state index is 0.497. The lowest BCUT2D eigenvalue weighted by Gasteiger charge is -2.28. The minimum Gasteiger partial charge on any atom is -0.370 e. The molecule has 0 spiro atoms. The van der Waals surface area contributed by atoms with Crippen LogP contribution in [0.25, 0.3) is 0 Å². The molecule has 2 N–H and O–H groups in total. The molecule has 1 saturated carbocycles. The molecule has 0 aromatic carbocycles. The van der Waals surface area contributed by atoms with E-state index < -0.39 is 0 Å². The van der Waals surface area contributed by atoms with Gasteiger partial charge in [-0.1, -0.05) is 30.8 Å². The molecule has 0 radical (unpaired) electrons. The van der Waals surface area contributed by atoms with E-state index in [1.807, 2.05) is 19.2 Å². The maximum atomic E-state index is 4.73. The number of aliphatic imine (C=N–C) groups is 2. The normalized spacial score (nSPS) is 18.1. The number of nitrogens with zero attached hydrogens (tertiary/aromatic N) is 5. The molecule has 3 heterocycles. The summed E-state index contributed by atoms with van der Waals surface area (Å²) in [5, 5.41) is 7.77. The Kier molecular flexibility index (Phi) is 7.52. The highest BCUT2D eigenvalue weighted by Gasteiger charge is 2.18. The summed E-state index contributed by atoms with van der Waals surface area (Å²) in [6.07, 6.45) is 12.5. The van der Waals surface area contributed by atoms with Crippen molar-refractivity contribution in [3.05, 3.63) is 41.6 Å². The summed E-state index contributed by atoms with van der Waals surface area (Å²) in [5.41, 5.74) is 2.88. The fourth-order valence-electron chi connectivity index (χ4n) is 4.29. The molecule has 0 bridgehead atoms. The zero-order chi connectivity index (χ0) is 22.3. The molecule has 7 nitrogen and oxygen atoms in total. The van der Waals surface area contributed by atoms with E-state index >= 15 is 0 Å². The molecular weight excluding hydrogens is 418 g/mol. The third-order valence-corrected chi connectivity index (χ3v) is 7.16. The second-order valence-electron chi connectivity index (χ2n) is 8.38. The van der Waals surface area contributed by atoms with Crippen molar-refractivity contribution in [1.82, 2.24) is 9.97 Å². The second kappa shape index (κ2) is 10.7. The van der Waals surface area contributed by atoms with Crippen molar-refractivity contribution in [3.8, 4) is 0 Å². The van der Waals surface area contributed by atoms with Crippen molar-refractivity contribution in [2.75, 3.05) is 35.7 Å².